The van der Waals surface area contributed by atoms with Crippen molar-refractivity contribution in [3.63, 3.8) is 0 Å². The van der Waals surface area contributed by atoms with Crippen LogP contribution in [-0.4, -0.2) is 20.6 Å². The number of nitrogens with one attached hydrogen (secondary N) is 2. The Hall–Kier alpha value is 1.02. The number of hydrogen-bond acceptors (Lipinski definition) is 1. The summed E-state index contributed by atoms with van der Waals surface area (Å²) in [5, 5.41) is 2.82. The third kappa shape index (κ3) is 43.3. The Bertz CT molecular complexity index is 11.7. The molecule has 0 aromatic heterocycles. The van der Waals surface area contributed by atoms with Crippen LogP contribution in [0.2, 0.25) is 0 Å². The van der Waals surface area contributed by atoms with Crippen LogP contribution in [0.3, 0.4) is 0 Å². The van der Waals surface area contributed by atoms with Gasteiger partial charge < -0.3 is 18.0 Å². The van der Waals surface area contributed by atoms with Gasteiger partial charge in [-0.25, -0.2) is 0 Å². The molecule has 2 N–H and O–H groups in total. The molecule has 0 heterocycles. The van der Waals surface area contributed by atoms with E-state index in [0.29, 0.717) is 0 Å². The van der Waals surface area contributed by atoms with E-state index < -0.39 is 0 Å². The zero-order valence-corrected chi connectivity index (χ0v) is 7.83. The third-order valence-electron chi connectivity index (χ3n) is 0.250. The summed E-state index contributed by atoms with van der Waals surface area (Å²) in [6.45, 7) is 4.31. The average molecular weight is 177 g/mol. The summed E-state index contributed by atoms with van der Waals surface area (Å²) in [5.41, 5.74) is 5.75. The molecule has 0 amide bonds. The maximum Gasteiger partial charge on any atom is 0 e. The summed E-state index contributed by atoms with van der Waals surface area (Å²) in [5.74, 6) is 0. The first-order valence-corrected chi connectivity index (χ1v) is 1.85. The van der Waals surface area contributed by atoms with Gasteiger partial charge in [0.1, 0.15) is 0 Å². The molecule has 0 aromatic carbocycles. The van der Waals surface area contributed by atoms with E-state index in [0.717, 1.165) is 6.54 Å². The molecular weight excluding hydrogens is 165 g/mol. The fourth-order valence-electron chi connectivity index (χ4n) is 0. The predicted molar refractivity (Wildman–Crippen MR) is 29.5 cm³/mol. The quantitative estimate of drug-likeness (QED) is 0.588. The fraction of sp³-hybridized carbons (Fsp3) is 0.750. The minimum Gasteiger partial charge on any atom is -0.680 e. The maximum atomic E-state index is 5.75. The Balaban J connectivity index is -0.0000000480. The van der Waals surface area contributed by atoms with Crippen molar-refractivity contribution < 1.29 is 32.7 Å². The molecule has 0 aliphatic heterocycles. The van der Waals surface area contributed by atoms with Crippen LogP contribution in [0.5, 0.6) is 0 Å². The van der Waals surface area contributed by atoms with Gasteiger partial charge in [0.25, 0.3) is 0 Å². The van der Waals surface area contributed by atoms with E-state index in [4.69, 9.17) is 5.73 Å². The largest absolute Gasteiger partial charge is 0.680 e. The first-order chi connectivity index (χ1) is 2.91. The van der Waals surface area contributed by atoms with E-state index in [2.05, 4.69) is 12.2 Å². The molecule has 0 fully saturated rings. The normalized spacial score (nSPS) is 5.14. The van der Waals surface area contributed by atoms with Crippen molar-refractivity contribution in [3.8, 4) is 0 Å². The molecule has 0 spiro atoms. The van der Waals surface area contributed by atoms with E-state index in [1.807, 2.05) is 7.05 Å². The van der Waals surface area contributed by atoms with Crippen LogP contribution in [-0.2, 0) is 32.7 Å². The summed E-state index contributed by atoms with van der Waals surface area (Å²) in [7, 11) is 3.12. The Kier molecular flexibility index (Phi) is 62.5. The Morgan fingerprint density at radius 3 is 1.71 bits per heavy atom. The molecule has 2 nitrogen and oxygen atoms in total. The van der Waals surface area contributed by atoms with E-state index in [1.165, 1.54) is 7.05 Å². The second-order valence-electron chi connectivity index (χ2n) is 0.604. The van der Waals surface area contributed by atoms with Gasteiger partial charge in [-0.05, 0) is 7.05 Å². The van der Waals surface area contributed by atoms with Gasteiger partial charge in [0.2, 0.25) is 0 Å². The van der Waals surface area contributed by atoms with Crippen LogP contribution in [0.4, 0.5) is 0 Å². The Morgan fingerprint density at radius 2 is 1.71 bits per heavy atom. The van der Waals surface area contributed by atoms with Crippen molar-refractivity contribution in [2.45, 2.75) is 0 Å². The van der Waals surface area contributed by atoms with Gasteiger partial charge in [0.05, 0.1) is 0 Å². The van der Waals surface area contributed by atoms with Gasteiger partial charge in [-0.15, -0.1) is 6.54 Å². The molecule has 0 bridgehead atoms. The van der Waals surface area contributed by atoms with Gasteiger partial charge in [0, 0.05) is 32.7 Å². The minimum absolute atomic E-state index is 0. The van der Waals surface area contributed by atoms with Crippen LogP contribution >= 0.6 is 0 Å². The van der Waals surface area contributed by atoms with Crippen molar-refractivity contribution in [2.75, 3.05) is 20.6 Å². The molecule has 0 rings (SSSR count). The van der Waals surface area contributed by atoms with Gasteiger partial charge in [0.15, 0.2) is 0 Å². The fourth-order valence-corrected chi connectivity index (χ4v) is 0. The van der Waals surface area contributed by atoms with Gasteiger partial charge >= 0.3 is 0 Å². The van der Waals surface area contributed by atoms with Crippen LogP contribution in [0, 0.1) is 6.92 Å². The summed E-state index contributed by atoms with van der Waals surface area (Å²) in [6, 6.07) is 0. The van der Waals surface area contributed by atoms with E-state index in [-0.39, 0.29) is 32.7 Å². The molecule has 7 heavy (non-hydrogen) atoms. The van der Waals surface area contributed by atoms with E-state index in [9.17, 15) is 0 Å². The van der Waals surface area contributed by atoms with Gasteiger partial charge in [-0.3, -0.25) is 0 Å². The number of hydrogen-bond donors (Lipinski definition) is 1. The molecule has 0 aliphatic carbocycles. The van der Waals surface area contributed by atoms with Gasteiger partial charge in [-0.2, -0.15) is 7.05 Å². The molecule has 0 unspecified atom stereocenters. The second kappa shape index (κ2) is 27.9. The van der Waals surface area contributed by atoms with Crippen LogP contribution in [0.1, 0.15) is 0 Å². The van der Waals surface area contributed by atoms with Crippen LogP contribution in [0.15, 0.2) is 0 Å². The molecule has 0 aliphatic rings. The Morgan fingerprint density at radius 1 is 1.57 bits per heavy atom. The van der Waals surface area contributed by atoms with Crippen molar-refractivity contribution in [1.82, 2.24) is 5.32 Å². The van der Waals surface area contributed by atoms with Crippen molar-refractivity contribution in [3.05, 3.63) is 12.7 Å². The van der Waals surface area contributed by atoms with Crippen molar-refractivity contribution >= 4 is 0 Å². The topological polar surface area (TPSA) is 35.8 Å². The monoisotopic (exact) mass is 177 g/mol. The third-order valence-corrected chi connectivity index (χ3v) is 0.250. The Labute approximate surface area is 71.1 Å². The van der Waals surface area contributed by atoms with Crippen LogP contribution in [0.25, 0.3) is 5.73 Å². The molecule has 3 heteroatoms. The summed E-state index contributed by atoms with van der Waals surface area (Å²) < 4.78 is 0. The van der Waals surface area contributed by atoms with Crippen LogP contribution < -0.4 is 5.32 Å². The van der Waals surface area contributed by atoms with E-state index >= 15 is 0 Å². The molecule has 0 aromatic rings. The molecule has 43 valence electrons. The minimum atomic E-state index is 0. The first kappa shape index (κ1) is 15.7. The standard InChI is InChI=1S/C3H8N.CH4N.Y/c1-3-4-2;1-2;/h4H,1,3H2,2H3;2H,1H3;/q2*-1;. The summed E-state index contributed by atoms with van der Waals surface area (Å²) >= 11 is 0. The molecule has 0 saturated carbocycles. The first-order valence-electron chi connectivity index (χ1n) is 1.85. The molecule has 0 saturated heterocycles. The summed E-state index contributed by atoms with van der Waals surface area (Å²) in [6.07, 6.45) is 0. The SMILES string of the molecule is C[NH-].[CH2-]CNC.[Y]. The molecule has 1 radical (unpaired) electrons. The summed E-state index contributed by atoms with van der Waals surface area (Å²) in [4.78, 5) is 0. The second-order valence-corrected chi connectivity index (χ2v) is 0.604. The van der Waals surface area contributed by atoms with Crippen molar-refractivity contribution in [1.29, 1.82) is 0 Å². The van der Waals surface area contributed by atoms with Gasteiger partial charge in [-0.1, -0.05) is 0 Å². The average Bonchev–Trinajstić information content (AvgIpc) is 1.72. The van der Waals surface area contributed by atoms with E-state index in [1.54, 1.807) is 0 Å². The predicted octanol–water partition coefficient (Wildman–Crippen LogP) is 0.706. The zero-order valence-electron chi connectivity index (χ0n) is 4.99. The smallest absolute Gasteiger partial charge is 0 e. The molecule has 0 atom stereocenters. The number of rotatable bonds is 1. The molecular formula is C4H12N2Y-2. The zero-order chi connectivity index (χ0) is 5.41. The van der Waals surface area contributed by atoms with Crippen molar-refractivity contribution in [2.24, 2.45) is 0 Å². The maximum absolute atomic E-state index is 5.75.